The van der Waals surface area contributed by atoms with Crippen LogP contribution in [0.1, 0.15) is 36.5 Å². The lowest BCUT2D eigenvalue weighted by molar-refractivity contribution is 0.0697. The van der Waals surface area contributed by atoms with Gasteiger partial charge in [0, 0.05) is 18.3 Å². The van der Waals surface area contributed by atoms with E-state index in [0.717, 1.165) is 44.6 Å². The molecule has 4 nitrogen and oxygen atoms in total. The van der Waals surface area contributed by atoms with Crippen molar-refractivity contribution >= 4 is 11.7 Å². The Kier molecular flexibility index (Phi) is 4.80. The molecule has 4 heteroatoms. The van der Waals surface area contributed by atoms with Gasteiger partial charge in [-0.1, -0.05) is 6.92 Å². The molecule has 1 aliphatic heterocycles. The monoisotopic (exact) mass is 262 g/mol. The SMILES string of the molecule is CCCN(c1ccc(C(=O)O)cc1)C1CCNCC1. The molecule has 1 saturated heterocycles. The normalized spacial score (nSPS) is 16.3. The summed E-state index contributed by atoms with van der Waals surface area (Å²) in [6.07, 6.45) is 3.41. The maximum absolute atomic E-state index is 10.9. The fourth-order valence-corrected chi connectivity index (χ4v) is 2.68. The highest BCUT2D eigenvalue weighted by molar-refractivity contribution is 5.88. The highest BCUT2D eigenvalue weighted by Crippen LogP contribution is 2.22. The zero-order valence-corrected chi connectivity index (χ0v) is 11.4. The molecule has 0 radical (unpaired) electrons. The third kappa shape index (κ3) is 3.47. The number of hydrogen-bond acceptors (Lipinski definition) is 3. The van der Waals surface area contributed by atoms with Crippen molar-refractivity contribution in [1.29, 1.82) is 0 Å². The number of benzene rings is 1. The van der Waals surface area contributed by atoms with Crippen LogP contribution in [-0.4, -0.2) is 36.8 Å². The van der Waals surface area contributed by atoms with Gasteiger partial charge in [0.2, 0.25) is 0 Å². The molecule has 1 aromatic rings. The smallest absolute Gasteiger partial charge is 0.335 e. The number of rotatable bonds is 5. The molecule has 1 fully saturated rings. The number of carbonyl (C=O) groups is 1. The van der Waals surface area contributed by atoms with Crippen LogP contribution in [0.15, 0.2) is 24.3 Å². The third-order valence-electron chi connectivity index (χ3n) is 3.66. The van der Waals surface area contributed by atoms with Gasteiger partial charge < -0.3 is 15.3 Å². The Morgan fingerprint density at radius 1 is 1.32 bits per heavy atom. The van der Waals surface area contributed by atoms with Crippen molar-refractivity contribution in [2.45, 2.75) is 32.2 Å². The van der Waals surface area contributed by atoms with Gasteiger partial charge in [0.15, 0.2) is 0 Å². The van der Waals surface area contributed by atoms with Crippen molar-refractivity contribution < 1.29 is 9.90 Å². The summed E-state index contributed by atoms with van der Waals surface area (Å²) in [5.41, 5.74) is 1.49. The molecule has 0 saturated carbocycles. The van der Waals surface area contributed by atoms with E-state index in [4.69, 9.17) is 5.11 Å². The molecule has 2 rings (SSSR count). The van der Waals surface area contributed by atoms with Gasteiger partial charge in [-0.2, -0.15) is 0 Å². The first kappa shape index (κ1) is 13.9. The molecular formula is C15H22N2O2. The minimum Gasteiger partial charge on any atom is -0.478 e. The summed E-state index contributed by atoms with van der Waals surface area (Å²) in [7, 11) is 0. The number of piperidine rings is 1. The highest BCUT2D eigenvalue weighted by Gasteiger charge is 2.20. The second-order valence-electron chi connectivity index (χ2n) is 5.03. The quantitative estimate of drug-likeness (QED) is 0.855. The van der Waals surface area contributed by atoms with Crippen LogP contribution in [0.5, 0.6) is 0 Å². The first-order valence-electron chi connectivity index (χ1n) is 7.03. The summed E-state index contributed by atoms with van der Waals surface area (Å²) in [6, 6.07) is 7.82. The van der Waals surface area contributed by atoms with Crippen molar-refractivity contribution in [3.63, 3.8) is 0 Å². The summed E-state index contributed by atoms with van der Waals surface area (Å²) in [5, 5.41) is 12.3. The third-order valence-corrected chi connectivity index (χ3v) is 3.66. The fraction of sp³-hybridized carbons (Fsp3) is 0.533. The zero-order valence-electron chi connectivity index (χ0n) is 11.4. The Hall–Kier alpha value is -1.55. The van der Waals surface area contributed by atoms with E-state index in [0.29, 0.717) is 11.6 Å². The molecule has 19 heavy (non-hydrogen) atoms. The molecule has 0 amide bonds. The molecule has 0 bridgehead atoms. The lowest BCUT2D eigenvalue weighted by Crippen LogP contribution is -2.43. The predicted octanol–water partition coefficient (Wildman–Crippen LogP) is 2.35. The van der Waals surface area contributed by atoms with E-state index in [2.05, 4.69) is 17.1 Å². The molecule has 104 valence electrons. The minimum absolute atomic E-state index is 0.352. The van der Waals surface area contributed by atoms with Crippen molar-refractivity contribution in [2.75, 3.05) is 24.5 Å². The van der Waals surface area contributed by atoms with Crippen molar-refractivity contribution in [2.24, 2.45) is 0 Å². The van der Waals surface area contributed by atoms with Gasteiger partial charge in [-0.25, -0.2) is 4.79 Å². The summed E-state index contributed by atoms with van der Waals surface area (Å²) in [6.45, 7) is 5.34. The van der Waals surface area contributed by atoms with E-state index in [1.54, 1.807) is 12.1 Å². The summed E-state index contributed by atoms with van der Waals surface area (Å²) in [4.78, 5) is 13.3. The zero-order chi connectivity index (χ0) is 13.7. The summed E-state index contributed by atoms with van der Waals surface area (Å²) in [5.74, 6) is -0.865. The number of aromatic carboxylic acids is 1. The molecule has 1 aliphatic rings. The Morgan fingerprint density at radius 3 is 2.47 bits per heavy atom. The second-order valence-corrected chi connectivity index (χ2v) is 5.03. The average Bonchev–Trinajstić information content (AvgIpc) is 2.46. The van der Waals surface area contributed by atoms with E-state index in [9.17, 15) is 4.79 Å². The van der Waals surface area contributed by atoms with Crippen LogP contribution in [-0.2, 0) is 0 Å². The fourth-order valence-electron chi connectivity index (χ4n) is 2.68. The van der Waals surface area contributed by atoms with Crippen molar-refractivity contribution in [3.8, 4) is 0 Å². The molecule has 1 heterocycles. The van der Waals surface area contributed by atoms with Gasteiger partial charge in [0.25, 0.3) is 0 Å². The Bertz CT molecular complexity index is 411. The Balaban J connectivity index is 2.15. The first-order valence-corrected chi connectivity index (χ1v) is 7.03. The van der Waals surface area contributed by atoms with Crippen LogP contribution in [0.25, 0.3) is 0 Å². The number of carboxylic acid groups (broad SMARTS) is 1. The second kappa shape index (κ2) is 6.57. The molecule has 2 N–H and O–H groups in total. The molecule has 1 aromatic carbocycles. The van der Waals surface area contributed by atoms with Crippen molar-refractivity contribution in [1.82, 2.24) is 5.32 Å². The summed E-state index contributed by atoms with van der Waals surface area (Å²) >= 11 is 0. The standard InChI is InChI=1S/C15H22N2O2/c1-2-11-17(14-7-9-16-10-8-14)13-5-3-12(4-6-13)15(18)19/h3-6,14,16H,2,7-11H2,1H3,(H,18,19). The van der Waals surface area contributed by atoms with E-state index in [1.807, 2.05) is 12.1 Å². The van der Waals surface area contributed by atoms with Gasteiger partial charge in [-0.05, 0) is 56.6 Å². The molecule has 0 spiro atoms. The summed E-state index contributed by atoms with van der Waals surface area (Å²) < 4.78 is 0. The van der Waals surface area contributed by atoms with Crippen LogP contribution in [0.2, 0.25) is 0 Å². The highest BCUT2D eigenvalue weighted by atomic mass is 16.4. The largest absolute Gasteiger partial charge is 0.478 e. The number of nitrogens with zero attached hydrogens (tertiary/aromatic N) is 1. The molecular weight excluding hydrogens is 240 g/mol. The molecule has 0 aromatic heterocycles. The van der Waals surface area contributed by atoms with Crippen LogP contribution in [0, 0.1) is 0 Å². The number of carboxylic acids is 1. The van der Waals surface area contributed by atoms with Crippen LogP contribution in [0.4, 0.5) is 5.69 Å². The van der Waals surface area contributed by atoms with E-state index in [1.165, 1.54) is 0 Å². The Labute approximate surface area is 114 Å². The van der Waals surface area contributed by atoms with Crippen LogP contribution >= 0.6 is 0 Å². The minimum atomic E-state index is -0.865. The Morgan fingerprint density at radius 2 is 1.95 bits per heavy atom. The molecule has 0 aliphatic carbocycles. The van der Waals surface area contributed by atoms with E-state index < -0.39 is 5.97 Å². The average molecular weight is 262 g/mol. The molecule has 0 unspecified atom stereocenters. The maximum Gasteiger partial charge on any atom is 0.335 e. The number of hydrogen-bond donors (Lipinski definition) is 2. The van der Waals surface area contributed by atoms with Gasteiger partial charge in [0.1, 0.15) is 0 Å². The van der Waals surface area contributed by atoms with E-state index in [-0.39, 0.29) is 0 Å². The number of nitrogens with one attached hydrogen (secondary N) is 1. The topological polar surface area (TPSA) is 52.6 Å². The van der Waals surface area contributed by atoms with Gasteiger partial charge in [-0.3, -0.25) is 0 Å². The van der Waals surface area contributed by atoms with Gasteiger partial charge >= 0.3 is 5.97 Å². The van der Waals surface area contributed by atoms with E-state index >= 15 is 0 Å². The van der Waals surface area contributed by atoms with Crippen LogP contribution in [0.3, 0.4) is 0 Å². The first-order chi connectivity index (χ1) is 9.22. The van der Waals surface area contributed by atoms with Crippen LogP contribution < -0.4 is 10.2 Å². The van der Waals surface area contributed by atoms with Gasteiger partial charge in [0.05, 0.1) is 5.56 Å². The lowest BCUT2D eigenvalue weighted by atomic mass is 10.0. The number of anilines is 1. The van der Waals surface area contributed by atoms with Crippen molar-refractivity contribution in [3.05, 3.63) is 29.8 Å². The maximum atomic E-state index is 10.9. The lowest BCUT2D eigenvalue weighted by Gasteiger charge is -2.36. The molecule has 0 atom stereocenters. The predicted molar refractivity (Wildman–Crippen MR) is 76.9 cm³/mol. The van der Waals surface area contributed by atoms with Gasteiger partial charge in [-0.15, -0.1) is 0 Å².